The van der Waals surface area contributed by atoms with Gasteiger partial charge in [-0.05, 0) is 76.0 Å². The molecule has 0 bridgehead atoms. The van der Waals surface area contributed by atoms with Crippen LogP contribution < -0.4 is 15.4 Å². The molecule has 3 aromatic carbocycles. The molecule has 0 radical (unpaired) electrons. The summed E-state index contributed by atoms with van der Waals surface area (Å²) in [5.41, 5.74) is 4.21. The number of rotatable bonds is 7. The van der Waals surface area contributed by atoms with E-state index < -0.39 is 0 Å². The van der Waals surface area contributed by atoms with Gasteiger partial charge >= 0.3 is 0 Å². The van der Waals surface area contributed by atoms with Gasteiger partial charge in [0.15, 0.2) is 5.50 Å². The van der Waals surface area contributed by atoms with Gasteiger partial charge in [-0.1, -0.05) is 67.2 Å². The maximum Gasteiger partial charge on any atom is 0.260 e. The Hall–Kier alpha value is -2.45. The van der Waals surface area contributed by atoms with Crippen LogP contribution in [0.15, 0.2) is 77.7 Å². The molecule has 0 aliphatic carbocycles. The molecule has 3 aromatic rings. The molecule has 1 amide bonds. The number of benzene rings is 3. The molecule has 1 aliphatic heterocycles. The second-order valence-electron chi connectivity index (χ2n) is 7.14. The third-order valence-corrected chi connectivity index (χ3v) is 6.75. The van der Waals surface area contributed by atoms with Gasteiger partial charge in [0.05, 0.1) is 8.48 Å². The second-order valence-corrected chi connectivity index (χ2v) is 9.45. The fraction of sp³-hybridized carbons (Fsp3) is 0.160. The summed E-state index contributed by atoms with van der Waals surface area (Å²) in [5.74, 6) is 0.775. The van der Waals surface area contributed by atoms with Gasteiger partial charge < -0.3 is 15.4 Å². The molecule has 4 nitrogen and oxygen atoms in total. The zero-order chi connectivity index (χ0) is 21.6. The molecule has 1 aliphatic rings. The molecule has 1 atom stereocenters. The average Bonchev–Trinajstić information content (AvgIpc) is 3.13. The molecule has 0 unspecified atom stereocenters. The van der Waals surface area contributed by atoms with Crippen molar-refractivity contribution < 1.29 is 9.53 Å². The van der Waals surface area contributed by atoms with Crippen LogP contribution in [0.25, 0.3) is 6.08 Å². The van der Waals surface area contributed by atoms with Crippen LogP contribution >= 0.6 is 34.4 Å². The molecule has 4 rings (SSSR count). The minimum absolute atomic E-state index is 0.0629. The van der Waals surface area contributed by atoms with Crippen molar-refractivity contribution in [3.63, 3.8) is 0 Å². The number of nitrogens with one attached hydrogen (secondary N) is 2. The molecule has 1 heterocycles. The molecule has 31 heavy (non-hydrogen) atoms. The molecule has 6 heteroatoms. The Labute approximate surface area is 200 Å². The van der Waals surface area contributed by atoms with Gasteiger partial charge in [-0.25, -0.2) is 0 Å². The fourth-order valence-electron chi connectivity index (χ4n) is 3.16. The SMILES string of the molecule is CCc1ccc(N[C@H]2NC(=O)/C(=C/c3ccc(OCc4ccccc4)c(I)c3)S2)cc1. The van der Waals surface area contributed by atoms with Crippen molar-refractivity contribution in [1.29, 1.82) is 0 Å². The van der Waals surface area contributed by atoms with Crippen molar-refractivity contribution in [1.82, 2.24) is 5.32 Å². The van der Waals surface area contributed by atoms with Crippen LogP contribution in [0.5, 0.6) is 5.75 Å². The highest BCUT2D eigenvalue weighted by Gasteiger charge is 2.27. The van der Waals surface area contributed by atoms with Gasteiger partial charge in [-0.2, -0.15) is 0 Å². The molecule has 0 aromatic heterocycles. The first-order valence-electron chi connectivity index (χ1n) is 10.1. The van der Waals surface area contributed by atoms with E-state index in [4.69, 9.17) is 4.74 Å². The minimum atomic E-state index is -0.182. The van der Waals surface area contributed by atoms with E-state index in [1.807, 2.05) is 66.7 Å². The van der Waals surface area contributed by atoms with Crippen LogP contribution in [0.1, 0.15) is 23.6 Å². The summed E-state index contributed by atoms with van der Waals surface area (Å²) in [6.07, 6.45) is 2.93. The summed E-state index contributed by atoms with van der Waals surface area (Å²) in [6, 6.07) is 24.4. The van der Waals surface area contributed by atoms with Gasteiger partial charge in [0.25, 0.3) is 5.91 Å². The topological polar surface area (TPSA) is 50.4 Å². The maximum absolute atomic E-state index is 12.4. The van der Waals surface area contributed by atoms with E-state index in [0.29, 0.717) is 11.5 Å². The number of halogens is 1. The Morgan fingerprint density at radius 2 is 1.84 bits per heavy atom. The monoisotopic (exact) mass is 542 g/mol. The lowest BCUT2D eigenvalue weighted by Crippen LogP contribution is -2.30. The van der Waals surface area contributed by atoms with E-state index in [1.54, 1.807) is 0 Å². The third-order valence-electron chi connectivity index (χ3n) is 4.88. The number of ether oxygens (including phenoxy) is 1. The Morgan fingerprint density at radius 3 is 2.55 bits per heavy atom. The quantitative estimate of drug-likeness (QED) is 0.283. The molecule has 1 saturated heterocycles. The van der Waals surface area contributed by atoms with Gasteiger partial charge in [-0.3, -0.25) is 4.79 Å². The number of thioether (sulfide) groups is 1. The predicted octanol–water partition coefficient (Wildman–Crippen LogP) is 6.03. The van der Waals surface area contributed by atoms with E-state index in [2.05, 4.69) is 52.3 Å². The molecular formula is C25H23IN2O2S. The predicted molar refractivity (Wildman–Crippen MR) is 137 cm³/mol. The standard InChI is InChI=1S/C25H23IN2O2S/c1-2-17-8-11-20(12-9-17)27-25-28-24(29)23(31-25)15-19-10-13-22(21(26)14-19)30-16-18-6-4-3-5-7-18/h3-15,25,27H,2,16H2,1H3,(H,28,29)/b23-15-/t25-/m0/s1. The van der Waals surface area contributed by atoms with Crippen LogP contribution in [0, 0.1) is 3.57 Å². The zero-order valence-electron chi connectivity index (χ0n) is 17.1. The molecule has 158 valence electrons. The van der Waals surface area contributed by atoms with Crippen LogP contribution in [-0.2, 0) is 17.8 Å². The highest BCUT2D eigenvalue weighted by Crippen LogP contribution is 2.31. The summed E-state index contributed by atoms with van der Waals surface area (Å²) in [4.78, 5) is 13.1. The smallest absolute Gasteiger partial charge is 0.260 e. The largest absolute Gasteiger partial charge is 0.488 e. The number of aryl methyl sites for hydroxylation is 1. The number of anilines is 1. The number of hydrogen-bond acceptors (Lipinski definition) is 4. The Bertz CT molecular complexity index is 1080. The van der Waals surface area contributed by atoms with E-state index in [0.717, 1.165) is 32.6 Å². The van der Waals surface area contributed by atoms with Gasteiger partial charge in [0.1, 0.15) is 12.4 Å². The normalized spacial score (nSPS) is 16.9. The lowest BCUT2D eigenvalue weighted by atomic mass is 10.1. The van der Waals surface area contributed by atoms with Gasteiger partial charge in [0, 0.05) is 5.69 Å². The average molecular weight is 542 g/mol. The van der Waals surface area contributed by atoms with Crippen LogP contribution in [0.3, 0.4) is 0 Å². The summed E-state index contributed by atoms with van der Waals surface area (Å²) in [6.45, 7) is 2.66. The highest BCUT2D eigenvalue weighted by molar-refractivity contribution is 14.1. The highest BCUT2D eigenvalue weighted by atomic mass is 127. The number of carbonyl (C=O) groups excluding carboxylic acids is 1. The molecule has 0 spiro atoms. The van der Waals surface area contributed by atoms with Gasteiger partial charge in [-0.15, -0.1) is 0 Å². The Kier molecular flexibility index (Phi) is 7.19. The first kappa shape index (κ1) is 21.8. The van der Waals surface area contributed by atoms with E-state index in [9.17, 15) is 4.79 Å². The molecule has 0 saturated carbocycles. The summed E-state index contributed by atoms with van der Waals surface area (Å²) >= 11 is 3.76. The second kappa shape index (κ2) is 10.2. The van der Waals surface area contributed by atoms with Crippen molar-refractivity contribution in [2.75, 3.05) is 5.32 Å². The van der Waals surface area contributed by atoms with Crippen LogP contribution in [0.2, 0.25) is 0 Å². The Balaban J connectivity index is 1.39. The zero-order valence-corrected chi connectivity index (χ0v) is 20.1. The molecule has 1 fully saturated rings. The Morgan fingerprint density at radius 1 is 1.06 bits per heavy atom. The maximum atomic E-state index is 12.4. The number of carbonyl (C=O) groups is 1. The minimum Gasteiger partial charge on any atom is -0.488 e. The van der Waals surface area contributed by atoms with E-state index in [-0.39, 0.29) is 11.4 Å². The number of amides is 1. The first-order chi connectivity index (χ1) is 15.1. The third kappa shape index (κ3) is 5.83. The van der Waals surface area contributed by atoms with E-state index >= 15 is 0 Å². The lowest BCUT2D eigenvalue weighted by molar-refractivity contribution is -0.116. The van der Waals surface area contributed by atoms with Crippen molar-refractivity contribution in [3.05, 3.63) is 98.0 Å². The molecule has 2 N–H and O–H groups in total. The van der Waals surface area contributed by atoms with Crippen LogP contribution in [-0.4, -0.2) is 11.4 Å². The first-order valence-corrected chi connectivity index (χ1v) is 12.1. The lowest BCUT2D eigenvalue weighted by Gasteiger charge is -2.12. The summed E-state index contributed by atoms with van der Waals surface area (Å²) < 4.78 is 6.96. The summed E-state index contributed by atoms with van der Waals surface area (Å²) in [5, 5.41) is 6.34. The van der Waals surface area contributed by atoms with Crippen molar-refractivity contribution >= 4 is 52.0 Å². The van der Waals surface area contributed by atoms with Crippen LogP contribution in [0.4, 0.5) is 5.69 Å². The number of hydrogen-bond donors (Lipinski definition) is 2. The van der Waals surface area contributed by atoms with Gasteiger partial charge in [0.2, 0.25) is 0 Å². The molecular weight excluding hydrogens is 519 g/mol. The van der Waals surface area contributed by atoms with Crippen molar-refractivity contribution in [3.8, 4) is 5.75 Å². The van der Waals surface area contributed by atoms with Crippen molar-refractivity contribution in [2.24, 2.45) is 0 Å². The van der Waals surface area contributed by atoms with Crippen molar-refractivity contribution in [2.45, 2.75) is 25.4 Å². The van der Waals surface area contributed by atoms with E-state index in [1.165, 1.54) is 17.3 Å². The summed E-state index contributed by atoms with van der Waals surface area (Å²) in [7, 11) is 0. The fourth-order valence-corrected chi connectivity index (χ4v) is 4.84.